The third-order valence-corrected chi connectivity index (χ3v) is 2.72. The van der Waals surface area contributed by atoms with E-state index in [1.54, 1.807) is 0 Å². The Morgan fingerprint density at radius 1 is 1.47 bits per heavy atom. The SMILES string of the molecule is CC(c1cccc(N)c1)N(C)CCCO. The number of hydrogen-bond acceptors (Lipinski definition) is 3. The molecular formula is C12H20N2O. The smallest absolute Gasteiger partial charge is 0.0443 e. The van der Waals surface area contributed by atoms with Gasteiger partial charge in [0.25, 0.3) is 0 Å². The van der Waals surface area contributed by atoms with Crippen LogP contribution in [0.3, 0.4) is 0 Å². The fraction of sp³-hybridized carbons (Fsp3) is 0.500. The second-order valence-electron chi connectivity index (χ2n) is 3.90. The monoisotopic (exact) mass is 208 g/mol. The summed E-state index contributed by atoms with van der Waals surface area (Å²) in [6.07, 6.45) is 0.809. The highest BCUT2D eigenvalue weighted by molar-refractivity contribution is 5.41. The minimum absolute atomic E-state index is 0.244. The fourth-order valence-electron chi connectivity index (χ4n) is 1.59. The van der Waals surface area contributed by atoms with Crippen LogP contribution >= 0.6 is 0 Å². The predicted molar refractivity (Wildman–Crippen MR) is 63.6 cm³/mol. The number of hydrogen-bond donors (Lipinski definition) is 2. The molecule has 0 aliphatic rings. The van der Waals surface area contributed by atoms with Crippen molar-refractivity contribution in [2.24, 2.45) is 0 Å². The highest BCUT2D eigenvalue weighted by Gasteiger charge is 2.10. The minimum atomic E-state index is 0.244. The van der Waals surface area contributed by atoms with Gasteiger partial charge < -0.3 is 10.8 Å². The molecule has 84 valence electrons. The summed E-state index contributed by atoms with van der Waals surface area (Å²) in [7, 11) is 2.06. The quantitative estimate of drug-likeness (QED) is 0.723. The molecule has 3 N–H and O–H groups in total. The number of nitrogens with two attached hydrogens (primary N) is 1. The summed E-state index contributed by atoms with van der Waals surface area (Å²) in [5.74, 6) is 0. The van der Waals surface area contributed by atoms with Gasteiger partial charge in [0.2, 0.25) is 0 Å². The van der Waals surface area contributed by atoms with E-state index in [0.717, 1.165) is 18.7 Å². The summed E-state index contributed by atoms with van der Waals surface area (Å²) in [5.41, 5.74) is 7.76. The van der Waals surface area contributed by atoms with Crippen molar-refractivity contribution >= 4 is 5.69 Å². The van der Waals surface area contributed by atoms with Crippen molar-refractivity contribution in [3.63, 3.8) is 0 Å². The summed E-state index contributed by atoms with van der Waals surface area (Å²) in [4.78, 5) is 2.21. The summed E-state index contributed by atoms with van der Waals surface area (Å²) < 4.78 is 0. The molecular weight excluding hydrogens is 188 g/mol. The molecule has 1 aromatic rings. The van der Waals surface area contributed by atoms with Crippen LogP contribution in [0.4, 0.5) is 5.69 Å². The molecule has 1 rings (SSSR count). The standard InChI is InChI=1S/C12H20N2O/c1-10(14(2)7-4-8-15)11-5-3-6-12(13)9-11/h3,5-6,9-10,15H,4,7-8,13H2,1-2H3. The molecule has 0 amide bonds. The van der Waals surface area contributed by atoms with Gasteiger partial charge in [-0.25, -0.2) is 0 Å². The van der Waals surface area contributed by atoms with E-state index < -0.39 is 0 Å². The van der Waals surface area contributed by atoms with Crippen molar-refractivity contribution in [2.75, 3.05) is 25.9 Å². The maximum atomic E-state index is 8.76. The van der Waals surface area contributed by atoms with Crippen molar-refractivity contribution in [3.8, 4) is 0 Å². The molecule has 0 radical (unpaired) electrons. The van der Waals surface area contributed by atoms with E-state index in [1.165, 1.54) is 5.56 Å². The first-order chi connectivity index (χ1) is 7.15. The fourth-order valence-corrected chi connectivity index (χ4v) is 1.59. The highest BCUT2D eigenvalue weighted by atomic mass is 16.3. The molecule has 1 atom stereocenters. The largest absolute Gasteiger partial charge is 0.399 e. The number of rotatable bonds is 5. The van der Waals surface area contributed by atoms with Gasteiger partial charge in [-0.15, -0.1) is 0 Å². The first-order valence-corrected chi connectivity index (χ1v) is 5.31. The average Bonchev–Trinajstić information content (AvgIpc) is 2.24. The molecule has 3 nitrogen and oxygen atoms in total. The van der Waals surface area contributed by atoms with Gasteiger partial charge in [0.05, 0.1) is 0 Å². The van der Waals surface area contributed by atoms with Gasteiger partial charge in [0, 0.05) is 24.9 Å². The van der Waals surface area contributed by atoms with Crippen molar-refractivity contribution in [1.82, 2.24) is 4.90 Å². The number of nitrogen functional groups attached to an aromatic ring is 1. The second kappa shape index (κ2) is 5.73. The number of aliphatic hydroxyl groups is 1. The van der Waals surface area contributed by atoms with Crippen molar-refractivity contribution in [3.05, 3.63) is 29.8 Å². The van der Waals surface area contributed by atoms with E-state index in [9.17, 15) is 0 Å². The van der Waals surface area contributed by atoms with Crippen LogP contribution in [0.2, 0.25) is 0 Å². The van der Waals surface area contributed by atoms with Gasteiger partial charge in [0.15, 0.2) is 0 Å². The summed E-state index contributed by atoms with van der Waals surface area (Å²) in [6.45, 7) is 3.28. The van der Waals surface area contributed by atoms with Crippen LogP contribution in [-0.2, 0) is 0 Å². The van der Waals surface area contributed by atoms with Gasteiger partial charge in [-0.05, 0) is 38.1 Å². The number of benzene rings is 1. The van der Waals surface area contributed by atoms with E-state index in [4.69, 9.17) is 10.8 Å². The Hall–Kier alpha value is -1.06. The predicted octanol–water partition coefficient (Wildman–Crippen LogP) is 1.64. The molecule has 0 heterocycles. The maximum Gasteiger partial charge on any atom is 0.0443 e. The van der Waals surface area contributed by atoms with Crippen molar-refractivity contribution in [1.29, 1.82) is 0 Å². The van der Waals surface area contributed by atoms with Crippen LogP contribution in [0.1, 0.15) is 24.9 Å². The molecule has 0 aromatic heterocycles. The van der Waals surface area contributed by atoms with Gasteiger partial charge in [0.1, 0.15) is 0 Å². The zero-order valence-corrected chi connectivity index (χ0v) is 9.48. The Bertz CT molecular complexity index is 301. The topological polar surface area (TPSA) is 49.5 Å². The molecule has 1 aromatic carbocycles. The number of aliphatic hydroxyl groups excluding tert-OH is 1. The van der Waals surface area contributed by atoms with Gasteiger partial charge in [-0.2, -0.15) is 0 Å². The summed E-state index contributed by atoms with van der Waals surface area (Å²) in [6, 6.07) is 8.28. The maximum absolute atomic E-state index is 8.76. The Balaban J connectivity index is 2.62. The normalized spacial score (nSPS) is 13.1. The van der Waals surface area contributed by atoms with Crippen LogP contribution < -0.4 is 5.73 Å². The number of nitrogens with zero attached hydrogens (tertiary/aromatic N) is 1. The van der Waals surface area contributed by atoms with Crippen LogP contribution in [0.15, 0.2) is 24.3 Å². The van der Waals surface area contributed by atoms with Gasteiger partial charge in [-0.3, -0.25) is 4.90 Å². The third-order valence-electron chi connectivity index (χ3n) is 2.72. The molecule has 0 aliphatic carbocycles. The Morgan fingerprint density at radius 3 is 2.80 bits per heavy atom. The van der Waals surface area contributed by atoms with Crippen LogP contribution in [-0.4, -0.2) is 30.2 Å². The van der Waals surface area contributed by atoms with E-state index in [1.807, 2.05) is 18.2 Å². The third kappa shape index (κ3) is 3.53. The average molecular weight is 208 g/mol. The first-order valence-electron chi connectivity index (χ1n) is 5.31. The lowest BCUT2D eigenvalue weighted by molar-refractivity contribution is 0.217. The molecule has 0 saturated heterocycles. The van der Waals surface area contributed by atoms with Crippen molar-refractivity contribution < 1.29 is 5.11 Å². The van der Waals surface area contributed by atoms with Crippen molar-refractivity contribution in [2.45, 2.75) is 19.4 Å². The Morgan fingerprint density at radius 2 is 2.20 bits per heavy atom. The molecule has 0 aliphatic heterocycles. The van der Waals surface area contributed by atoms with Gasteiger partial charge >= 0.3 is 0 Å². The molecule has 1 unspecified atom stereocenters. The van der Waals surface area contributed by atoms with Crippen LogP contribution in [0.5, 0.6) is 0 Å². The lowest BCUT2D eigenvalue weighted by atomic mass is 10.1. The van der Waals surface area contributed by atoms with E-state index in [-0.39, 0.29) is 6.61 Å². The van der Waals surface area contributed by atoms with E-state index in [0.29, 0.717) is 6.04 Å². The molecule has 3 heteroatoms. The van der Waals surface area contributed by atoms with Gasteiger partial charge in [-0.1, -0.05) is 12.1 Å². The van der Waals surface area contributed by atoms with Crippen LogP contribution in [0.25, 0.3) is 0 Å². The van der Waals surface area contributed by atoms with Crippen LogP contribution in [0, 0.1) is 0 Å². The zero-order chi connectivity index (χ0) is 11.3. The molecule has 0 fully saturated rings. The Kier molecular flexibility index (Phi) is 4.59. The first kappa shape index (κ1) is 12.0. The lowest BCUT2D eigenvalue weighted by Gasteiger charge is -2.24. The zero-order valence-electron chi connectivity index (χ0n) is 9.48. The Labute approximate surface area is 91.5 Å². The molecule has 0 bridgehead atoms. The lowest BCUT2D eigenvalue weighted by Crippen LogP contribution is -2.24. The van der Waals surface area contributed by atoms with E-state index in [2.05, 4.69) is 24.9 Å². The number of anilines is 1. The highest BCUT2D eigenvalue weighted by Crippen LogP contribution is 2.20. The minimum Gasteiger partial charge on any atom is -0.399 e. The molecule has 0 spiro atoms. The van der Waals surface area contributed by atoms with E-state index >= 15 is 0 Å². The summed E-state index contributed by atoms with van der Waals surface area (Å²) in [5, 5.41) is 8.76. The molecule has 0 saturated carbocycles. The second-order valence-corrected chi connectivity index (χ2v) is 3.90. The molecule has 15 heavy (non-hydrogen) atoms. The summed E-state index contributed by atoms with van der Waals surface area (Å²) >= 11 is 0.